The highest BCUT2D eigenvalue weighted by Gasteiger charge is 2.32. The monoisotopic (exact) mass is 335 g/mol. The van der Waals surface area contributed by atoms with Gasteiger partial charge in [0.05, 0.1) is 18.8 Å². The zero-order chi connectivity index (χ0) is 16.9. The minimum absolute atomic E-state index is 0.111. The quantitative estimate of drug-likeness (QED) is 0.800. The van der Waals surface area contributed by atoms with Crippen molar-refractivity contribution in [2.45, 2.75) is 57.8 Å². The Hall–Kier alpha value is -1.40. The van der Waals surface area contributed by atoms with Crippen LogP contribution < -0.4 is 0 Å². The highest BCUT2D eigenvalue weighted by atomic mass is 16.5. The van der Waals surface area contributed by atoms with Gasteiger partial charge >= 0.3 is 0 Å². The lowest BCUT2D eigenvalue weighted by atomic mass is 10.0. The van der Waals surface area contributed by atoms with E-state index in [0.717, 1.165) is 38.8 Å². The molecule has 2 aliphatic rings. The zero-order valence-electron chi connectivity index (χ0n) is 14.8. The van der Waals surface area contributed by atoms with Gasteiger partial charge in [-0.1, -0.05) is 13.8 Å². The van der Waals surface area contributed by atoms with Crippen LogP contribution in [0.25, 0.3) is 0 Å². The lowest BCUT2D eigenvalue weighted by Gasteiger charge is -2.36. The number of rotatable bonds is 6. The topological polar surface area (TPSA) is 56.6 Å². The van der Waals surface area contributed by atoms with Gasteiger partial charge in [-0.2, -0.15) is 5.10 Å². The molecule has 0 aromatic carbocycles. The van der Waals surface area contributed by atoms with Crippen LogP contribution in [0.1, 0.15) is 45.6 Å². The van der Waals surface area contributed by atoms with E-state index in [0.29, 0.717) is 13.2 Å². The van der Waals surface area contributed by atoms with E-state index in [4.69, 9.17) is 9.47 Å². The van der Waals surface area contributed by atoms with Gasteiger partial charge in [-0.25, -0.2) is 0 Å². The van der Waals surface area contributed by atoms with Gasteiger partial charge in [-0.3, -0.25) is 9.48 Å². The Labute approximate surface area is 144 Å². The predicted octanol–water partition coefficient (Wildman–Crippen LogP) is 2.27. The van der Waals surface area contributed by atoms with Crippen molar-refractivity contribution < 1.29 is 14.3 Å². The maximum atomic E-state index is 13.0. The Morgan fingerprint density at radius 2 is 2.25 bits per heavy atom. The van der Waals surface area contributed by atoms with Crippen molar-refractivity contribution in [3.63, 3.8) is 0 Å². The number of aromatic nitrogens is 2. The number of piperidine rings is 1. The normalized spacial score (nSPS) is 26.0. The molecule has 3 heterocycles. The maximum Gasteiger partial charge on any atom is 0.252 e. The van der Waals surface area contributed by atoms with Crippen LogP contribution in [0.5, 0.6) is 0 Å². The van der Waals surface area contributed by atoms with E-state index in [1.165, 1.54) is 0 Å². The number of amides is 1. The fourth-order valence-corrected chi connectivity index (χ4v) is 3.58. The van der Waals surface area contributed by atoms with Crippen LogP contribution in [0.2, 0.25) is 0 Å². The zero-order valence-corrected chi connectivity index (χ0v) is 14.8. The number of carbonyl (C=O) groups is 1. The summed E-state index contributed by atoms with van der Waals surface area (Å²) in [6.45, 7) is 6.95. The van der Waals surface area contributed by atoms with Crippen molar-refractivity contribution in [3.8, 4) is 0 Å². The third kappa shape index (κ3) is 4.16. The number of likely N-dealkylation sites (tertiary alicyclic amines) is 1. The molecule has 0 saturated carbocycles. The fraction of sp³-hybridized carbons (Fsp3) is 0.778. The second-order valence-corrected chi connectivity index (χ2v) is 7.20. The standard InChI is InChI=1S/C18H29N3O3/c1-14(2)17(24-13-16-7-4-11-23-16)18(22)20-9-3-6-15(12-20)21-10-5-8-19-21/h5,8,10,14-17H,3-4,6-7,9,11-13H2,1-2H3/t15-,16+,17+/m1/s1. The third-order valence-electron chi connectivity index (χ3n) is 4.94. The van der Waals surface area contributed by atoms with Gasteiger partial charge in [-0.15, -0.1) is 0 Å². The number of hydrogen-bond acceptors (Lipinski definition) is 4. The van der Waals surface area contributed by atoms with Crippen molar-refractivity contribution in [1.29, 1.82) is 0 Å². The average Bonchev–Trinajstić information content (AvgIpc) is 3.28. The van der Waals surface area contributed by atoms with Crippen molar-refractivity contribution in [2.24, 2.45) is 5.92 Å². The molecule has 3 atom stereocenters. The predicted molar refractivity (Wildman–Crippen MR) is 90.6 cm³/mol. The minimum atomic E-state index is -0.384. The van der Waals surface area contributed by atoms with Gasteiger partial charge in [-0.05, 0) is 37.7 Å². The highest BCUT2D eigenvalue weighted by molar-refractivity contribution is 5.81. The van der Waals surface area contributed by atoms with Gasteiger partial charge in [0.2, 0.25) is 0 Å². The lowest BCUT2D eigenvalue weighted by Crippen LogP contribution is -2.48. The van der Waals surface area contributed by atoms with Crippen LogP contribution in [0.15, 0.2) is 18.5 Å². The summed E-state index contributed by atoms with van der Waals surface area (Å²) < 4.78 is 13.6. The van der Waals surface area contributed by atoms with Crippen LogP contribution in [0.4, 0.5) is 0 Å². The lowest BCUT2D eigenvalue weighted by molar-refractivity contribution is -0.151. The number of carbonyl (C=O) groups excluding carboxylic acids is 1. The highest BCUT2D eigenvalue weighted by Crippen LogP contribution is 2.23. The molecule has 6 nitrogen and oxygen atoms in total. The van der Waals surface area contributed by atoms with Crippen LogP contribution in [0.3, 0.4) is 0 Å². The Bertz CT molecular complexity index is 512. The fourth-order valence-electron chi connectivity index (χ4n) is 3.58. The summed E-state index contributed by atoms with van der Waals surface area (Å²) in [6, 6.07) is 2.20. The van der Waals surface area contributed by atoms with Gasteiger partial charge < -0.3 is 14.4 Å². The molecule has 0 bridgehead atoms. The molecule has 1 aromatic rings. The first-order valence-electron chi connectivity index (χ1n) is 9.16. The first-order chi connectivity index (χ1) is 11.6. The Morgan fingerprint density at radius 1 is 1.38 bits per heavy atom. The van der Waals surface area contributed by atoms with Gasteiger partial charge in [0.1, 0.15) is 6.10 Å². The Morgan fingerprint density at radius 3 is 2.92 bits per heavy atom. The Balaban J connectivity index is 1.58. The van der Waals surface area contributed by atoms with Gasteiger partial charge in [0, 0.05) is 32.1 Å². The molecule has 6 heteroatoms. The van der Waals surface area contributed by atoms with E-state index in [9.17, 15) is 4.79 Å². The molecule has 0 N–H and O–H groups in total. The summed E-state index contributed by atoms with van der Waals surface area (Å²) >= 11 is 0. The molecular formula is C18H29N3O3. The molecule has 24 heavy (non-hydrogen) atoms. The van der Waals surface area contributed by atoms with Crippen molar-refractivity contribution in [2.75, 3.05) is 26.3 Å². The van der Waals surface area contributed by atoms with Crippen LogP contribution >= 0.6 is 0 Å². The molecule has 0 radical (unpaired) electrons. The molecular weight excluding hydrogens is 306 g/mol. The smallest absolute Gasteiger partial charge is 0.252 e. The molecule has 0 aliphatic carbocycles. The van der Waals surface area contributed by atoms with Gasteiger partial charge in [0.25, 0.3) is 5.91 Å². The van der Waals surface area contributed by atoms with Crippen LogP contribution in [-0.2, 0) is 14.3 Å². The summed E-state index contributed by atoms with van der Waals surface area (Å²) in [6.07, 6.45) is 7.73. The van der Waals surface area contributed by atoms with E-state index in [1.54, 1.807) is 6.20 Å². The summed E-state index contributed by atoms with van der Waals surface area (Å²) in [5.41, 5.74) is 0. The van der Waals surface area contributed by atoms with Gasteiger partial charge in [0.15, 0.2) is 0 Å². The van der Waals surface area contributed by atoms with Crippen LogP contribution in [-0.4, -0.2) is 59.1 Å². The van der Waals surface area contributed by atoms with E-state index < -0.39 is 0 Å². The summed E-state index contributed by atoms with van der Waals surface area (Å²) in [7, 11) is 0. The SMILES string of the molecule is CC(C)[C@H](OC[C@@H]1CCCO1)C(=O)N1CCC[C@@H](n2cccn2)C1. The van der Waals surface area contributed by atoms with Crippen molar-refractivity contribution >= 4 is 5.91 Å². The van der Waals surface area contributed by atoms with Crippen molar-refractivity contribution in [1.82, 2.24) is 14.7 Å². The molecule has 1 amide bonds. The maximum absolute atomic E-state index is 13.0. The van der Waals surface area contributed by atoms with E-state index in [-0.39, 0.29) is 30.1 Å². The minimum Gasteiger partial charge on any atom is -0.376 e. The second kappa shape index (κ2) is 8.12. The van der Waals surface area contributed by atoms with E-state index in [1.807, 2.05) is 35.7 Å². The number of ether oxygens (including phenoxy) is 2. The summed E-state index contributed by atoms with van der Waals surface area (Å²) in [4.78, 5) is 14.9. The largest absolute Gasteiger partial charge is 0.376 e. The molecule has 134 valence electrons. The Kier molecular flexibility index (Phi) is 5.89. The number of nitrogens with zero attached hydrogens (tertiary/aromatic N) is 3. The molecule has 2 fully saturated rings. The first kappa shape index (κ1) is 17.4. The van der Waals surface area contributed by atoms with Crippen molar-refractivity contribution in [3.05, 3.63) is 18.5 Å². The average molecular weight is 335 g/mol. The molecule has 0 unspecified atom stereocenters. The first-order valence-corrected chi connectivity index (χ1v) is 9.16. The number of hydrogen-bond donors (Lipinski definition) is 0. The third-order valence-corrected chi connectivity index (χ3v) is 4.94. The molecule has 0 spiro atoms. The molecule has 2 aliphatic heterocycles. The van der Waals surface area contributed by atoms with E-state index >= 15 is 0 Å². The molecule has 1 aromatic heterocycles. The second-order valence-electron chi connectivity index (χ2n) is 7.20. The summed E-state index contributed by atoms with van der Waals surface area (Å²) in [5.74, 6) is 0.267. The van der Waals surface area contributed by atoms with E-state index in [2.05, 4.69) is 5.10 Å². The summed E-state index contributed by atoms with van der Waals surface area (Å²) in [5, 5.41) is 4.33. The molecule has 3 rings (SSSR count). The van der Waals surface area contributed by atoms with Crippen LogP contribution in [0, 0.1) is 5.92 Å². The molecule has 2 saturated heterocycles.